The molecule has 0 saturated carbocycles. The van der Waals surface area contributed by atoms with E-state index < -0.39 is 0 Å². The molecule has 0 atom stereocenters. The average molecular weight is 95.9 g/mol. The Morgan fingerprint density at radius 2 is 2.43 bits per heavy atom. The third-order valence-corrected chi connectivity index (χ3v) is 0.724. The average Bonchev–Trinajstić information content (AvgIpc) is 1.68. The van der Waals surface area contributed by atoms with Gasteiger partial charge in [0.25, 0.3) is 0 Å². The molecule has 0 aliphatic carbocycles. The predicted octanol–water partition coefficient (Wildman–Crippen LogP) is 0.183. The van der Waals surface area contributed by atoms with Gasteiger partial charge in [-0.3, -0.25) is 4.79 Å². The Balaban J connectivity index is 3.17. The van der Waals surface area contributed by atoms with Crippen molar-refractivity contribution in [2.24, 2.45) is 0 Å². The Kier molecular flexibility index (Phi) is 3.38. The number of ketones is 1. The molecule has 0 N–H and O–H groups in total. The Morgan fingerprint density at radius 3 is 2.57 bits per heavy atom. The van der Waals surface area contributed by atoms with Gasteiger partial charge in [0, 0.05) is 6.42 Å². The molecule has 0 aromatic carbocycles. The highest BCUT2D eigenvalue weighted by Crippen LogP contribution is 1.85. The Morgan fingerprint density at radius 1 is 1.86 bits per heavy atom. The summed E-state index contributed by atoms with van der Waals surface area (Å²) in [6.07, 6.45) is 2.93. The summed E-state index contributed by atoms with van der Waals surface area (Å²) in [7, 11) is 1.97. The number of allylic oxidation sites excluding steroid dienone is 1. The molecule has 0 aliphatic heterocycles. The lowest BCUT2D eigenvalue weighted by Gasteiger charge is -1.82. The maximum absolute atomic E-state index is 10.3. The molecular formula is C5H9BO. The topological polar surface area (TPSA) is 17.1 Å². The highest BCUT2D eigenvalue weighted by atomic mass is 16.1. The van der Waals surface area contributed by atoms with E-state index >= 15 is 0 Å². The van der Waals surface area contributed by atoms with Gasteiger partial charge in [-0.15, -0.1) is 0 Å². The van der Waals surface area contributed by atoms with Crippen LogP contribution in [0.25, 0.3) is 0 Å². The first-order valence-corrected chi connectivity index (χ1v) is 2.46. The molecule has 0 bridgehead atoms. The zero-order valence-corrected chi connectivity index (χ0v) is 4.61. The summed E-state index contributed by atoms with van der Waals surface area (Å²) in [5.74, 6) is 0.141. The van der Waals surface area contributed by atoms with E-state index in [-0.39, 0.29) is 5.78 Å². The zero-order chi connectivity index (χ0) is 5.70. The van der Waals surface area contributed by atoms with Gasteiger partial charge in [-0.1, -0.05) is 12.9 Å². The molecule has 0 amide bonds. The van der Waals surface area contributed by atoms with Crippen molar-refractivity contribution in [3.8, 4) is 0 Å². The van der Waals surface area contributed by atoms with Crippen molar-refractivity contribution in [3.05, 3.63) is 12.7 Å². The van der Waals surface area contributed by atoms with E-state index in [1.165, 1.54) is 6.08 Å². The SMILES string of the molecule is BCCC(=O)C=C. The van der Waals surface area contributed by atoms with Gasteiger partial charge in [-0.25, -0.2) is 0 Å². The van der Waals surface area contributed by atoms with Gasteiger partial charge >= 0.3 is 0 Å². The van der Waals surface area contributed by atoms with E-state index in [9.17, 15) is 4.79 Å². The fraction of sp³-hybridized carbons (Fsp3) is 0.400. The number of carbonyl (C=O) groups excluding carboxylic acids is 1. The fourth-order valence-electron chi connectivity index (χ4n) is 0.348. The number of hydrogen-bond acceptors (Lipinski definition) is 1. The monoisotopic (exact) mass is 96.1 g/mol. The van der Waals surface area contributed by atoms with Gasteiger partial charge in [0.15, 0.2) is 5.78 Å². The van der Waals surface area contributed by atoms with Crippen LogP contribution in [0.4, 0.5) is 0 Å². The maximum atomic E-state index is 10.3. The maximum Gasteiger partial charge on any atom is 0.154 e. The molecule has 1 nitrogen and oxygen atoms in total. The molecule has 0 aliphatic rings. The van der Waals surface area contributed by atoms with Crippen molar-refractivity contribution in [1.29, 1.82) is 0 Å². The third kappa shape index (κ3) is 3.30. The van der Waals surface area contributed by atoms with Gasteiger partial charge in [0.1, 0.15) is 7.85 Å². The molecule has 0 rings (SSSR count). The number of rotatable bonds is 3. The molecule has 38 valence electrons. The van der Waals surface area contributed by atoms with Gasteiger partial charge in [-0.2, -0.15) is 0 Å². The van der Waals surface area contributed by atoms with Crippen LogP contribution >= 0.6 is 0 Å². The van der Waals surface area contributed by atoms with Crippen molar-refractivity contribution in [3.63, 3.8) is 0 Å². The lowest BCUT2D eigenvalue weighted by Crippen LogP contribution is -1.88. The van der Waals surface area contributed by atoms with Gasteiger partial charge in [0.05, 0.1) is 0 Å². The van der Waals surface area contributed by atoms with Crippen LogP contribution in [0.2, 0.25) is 6.32 Å². The van der Waals surface area contributed by atoms with E-state index in [1.807, 2.05) is 7.85 Å². The van der Waals surface area contributed by atoms with Crippen LogP contribution in [0.5, 0.6) is 0 Å². The summed E-state index contributed by atoms with van der Waals surface area (Å²) in [5, 5.41) is 0. The summed E-state index contributed by atoms with van der Waals surface area (Å²) < 4.78 is 0. The number of carbonyl (C=O) groups is 1. The smallest absolute Gasteiger partial charge is 0.154 e. The highest BCUT2D eigenvalue weighted by Gasteiger charge is 1.87. The van der Waals surface area contributed by atoms with Crippen LogP contribution in [-0.2, 0) is 4.79 Å². The van der Waals surface area contributed by atoms with Gasteiger partial charge < -0.3 is 0 Å². The Hall–Kier alpha value is -0.525. The molecule has 0 radical (unpaired) electrons. The van der Waals surface area contributed by atoms with E-state index in [4.69, 9.17) is 0 Å². The Bertz CT molecular complexity index is 78.1. The normalized spacial score (nSPS) is 8.00. The molecule has 0 aromatic rings. The molecule has 0 heterocycles. The number of hydrogen-bond donors (Lipinski definition) is 0. The van der Waals surface area contributed by atoms with Gasteiger partial charge in [0.2, 0.25) is 0 Å². The lowest BCUT2D eigenvalue weighted by molar-refractivity contribution is -0.114. The Labute approximate surface area is 44.8 Å². The summed E-state index contributed by atoms with van der Waals surface area (Å²) in [5.41, 5.74) is 0. The van der Waals surface area contributed by atoms with Crippen molar-refractivity contribution >= 4 is 13.6 Å². The summed E-state index contributed by atoms with van der Waals surface area (Å²) >= 11 is 0. The van der Waals surface area contributed by atoms with E-state index in [1.54, 1.807) is 0 Å². The minimum Gasteiger partial charge on any atom is -0.295 e. The van der Waals surface area contributed by atoms with Crippen molar-refractivity contribution in [2.45, 2.75) is 12.7 Å². The van der Waals surface area contributed by atoms with Crippen LogP contribution in [0.3, 0.4) is 0 Å². The standard InChI is InChI=1S/C5H9BO/c1-2-5(7)3-4-6/h2H,1,3-4,6H2. The molecule has 0 saturated heterocycles. The summed E-state index contributed by atoms with van der Waals surface area (Å²) in [4.78, 5) is 10.3. The third-order valence-electron chi connectivity index (χ3n) is 0.724. The highest BCUT2D eigenvalue weighted by molar-refractivity contribution is 6.10. The van der Waals surface area contributed by atoms with Crippen LogP contribution in [0, 0.1) is 0 Å². The van der Waals surface area contributed by atoms with Gasteiger partial charge in [-0.05, 0) is 6.08 Å². The van der Waals surface area contributed by atoms with Crippen LogP contribution in [-0.4, -0.2) is 13.6 Å². The molecule has 0 fully saturated rings. The van der Waals surface area contributed by atoms with E-state index in [0.29, 0.717) is 6.42 Å². The second-order valence-electron chi connectivity index (χ2n) is 1.42. The molecular weight excluding hydrogens is 86.9 g/mol. The second kappa shape index (κ2) is 3.66. The molecule has 7 heavy (non-hydrogen) atoms. The quantitative estimate of drug-likeness (QED) is 0.362. The minimum atomic E-state index is 0.141. The first-order chi connectivity index (χ1) is 3.31. The second-order valence-corrected chi connectivity index (χ2v) is 1.42. The fourth-order valence-corrected chi connectivity index (χ4v) is 0.348. The predicted molar refractivity (Wildman–Crippen MR) is 33.2 cm³/mol. The molecule has 0 aromatic heterocycles. The van der Waals surface area contributed by atoms with Crippen molar-refractivity contribution < 1.29 is 4.79 Å². The molecule has 0 unspecified atom stereocenters. The van der Waals surface area contributed by atoms with Crippen molar-refractivity contribution in [1.82, 2.24) is 0 Å². The minimum absolute atomic E-state index is 0.141. The zero-order valence-electron chi connectivity index (χ0n) is 4.61. The van der Waals surface area contributed by atoms with Crippen molar-refractivity contribution in [2.75, 3.05) is 0 Å². The van der Waals surface area contributed by atoms with Crippen LogP contribution in [0.1, 0.15) is 6.42 Å². The van der Waals surface area contributed by atoms with E-state index in [2.05, 4.69) is 6.58 Å². The van der Waals surface area contributed by atoms with Crippen LogP contribution < -0.4 is 0 Å². The lowest BCUT2D eigenvalue weighted by atomic mass is 10.00. The first-order valence-electron chi connectivity index (χ1n) is 2.46. The summed E-state index contributed by atoms with van der Waals surface area (Å²) in [6, 6.07) is 0. The molecule has 0 spiro atoms. The summed E-state index contributed by atoms with van der Waals surface area (Å²) in [6.45, 7) is 3.33. The molecule has 2 heteroatoms. The first kappa shape index (κ1) is 6.47. The van der Waals surface area contributed by atoms with Crippen LogP contribution in [0.15, 0.2) is 12.7 Å². The largest absolute Gasteiger partial charge is 0.295 e. The van der Waals surface area contributed by atoms with E-state index in [0.717, 1.165) is 6.32 Å².